The minimum Gasteiger partial charge on any atom is -0.244 e. The number of hydrogen-bond acceptors (Lipinski definition) is 1. The Hall–Kier alpha value is -0.0800. The van der Waals surface area contributed by atoms with Crippen molar-refractivity contribution in [2.45, 2.75) is 32.6 Å². The summed E-state index contributed by atoms with van der Waals surface area (Å²) < 4.78 is 0.812. The van der Waals surface area contributed by atoms with Gasteiger partial charge in [-0.15, -0.1) is 0 Å². The summed E-state index contributed by atoms with van der Waals surface area (Å²) in [5, 5.41) is 0.808. The van der Waals surface area contributed by atoms with Crippen LogP contribution in [-0.4, -0.2) is 4.98 Å². The topological polar surface area (TPSA) is 12.9 Å². The molecular weight excluding hydrogens is 249 g/mol. The molecule has 0 spiro atoms. The molecule has 0 saturated heterocycles. The van der Waals surface area contributed by atoms with Gasteiger partial charge in [-0.3, -0.25) is 0 Å². The van der Waals surface area contributed by atoms with Crippen LogP contribution >= 0.6 is 27.5 Å². The minimum atomic E-state index is 0.808. The summed E-state index contributed by atoms with van der Waals surface area (Å²) >= 11 is 9.57. The fourth-order valence-corrected chi connectivity index (χ4v) is 2.71. The zero-order chi connectivity index (χ0) is 9.42. The van der Waals surface area contributed by atoms with Crippen molar-refractivity contribution in [2.24, 2.45) is 0 Å². The SMILES string of the molecule is CCc1c(Cl)c(Br)nc2c1CCC2. The number of aryl methyl sites for hydroxylation is 1. The maximum atomic E-state index is 6.17. The van der Waals surface area contributed by atoms with Crippen LogP contribution in [0.4, 0.5) is 0 Å². The molecule has 1 heterocycles. The molecule has 0 aromatic carbocycles. The third kappa shape index (κ3) is 1.50. The van der Waals surface area contributed by atoms with Gasteiger partial charge in [0.25, 0.3) is 0 Å². The average Bonchev–Trinajstić information content (AvgIpc) is 2.54. The number of rotatable bonds is 1. The first kappa shape index (κ1) is 9.47. The predicted octanol–water partition coefficient (Wildman–Crippen LogP) is 3.55. The fraction of sp³-hybridized carbons (Fsp3) is 0.500. The lowest BCUT2D eigenvalue weighted by atomic mass is 10.1. The lowest BCUT2D eigenvalue weighted by molar-refractivity contribution is 0.896. The van der Waals surface area contributed by atoms with E-state index in [-0.39, 0.29) is 0 Å². The van der Waals surface area contributed by atoms with Gasteiger partial charge in [-0.1, -0.05) is 18.5 Å². The molecule has 1 nitrogen and oxygen atoms in total. The summed E-state index contributed by atoms with van der Waals surface area (Å²) in [7, 11) is 0. The van der Waals surface area contributed by atoms with Gasteiger partial charge in [0.2, 0.25) is 0 Å². The van der Waals surface area contributed by atoms with Crippen LogP contribution in [0.25, 0.3) is 0 Å². The van der Waals surface area contributed by atoms with Gasteiger partial charge in [0, 0.05) is 5.69 Å². The van der Waals surface area contributed by atoms with Crippen molar-refractivity contribution in [2.75, 3.05) is 0 Å². The van der Waals surface area contributed by atoms with E-state index in [4.69, 9.17) is 11.6 Å². The van der Waals surface area contributed by atoms with Gasteiger partial charge < -0.3 is 0 Å². The first-order chi connectivity index (χ1) is 6.24. The molecule has 70 valence electrons. The molecule has 0 bridgehead atoms. The summed E-state index contributed by atoms with van der Waals surface area (Å²) in [6.07, 6.45) is 4.49. The maximum absolute atomic E-state index is 6.17. The molecule has 0 radical (unpaired) electrons. The Bertz CT molecular complexity index is 349. The highest BCUT2D eigenvalue weighted by Crippen LogP contribution is 2.33. The molecule has 0 N–H and O–H groups in total. The highest BCUT2D eigenvalue weighted by atomic mass is 79.9. The molecular formula is C10H11BrClN. The third-order valence-electron chi connectivity index (χ3n) is 2.59. The molecule has 0 aliphatic heterocycles. The van der Waals surface area contributed by atoms with Crippen LogP contribution in [0.5, 0.6) is 0 Å². The van der Waals surface area contributed by atoms with Gasteiger partial charge in [0.1, 0.15) is 4.60 Å². The quantitative estimate of drug-likeness (QED) is 0.704. The normalized spacial score (nSPS) is 14.7. The van der Waals surface area contributed by atoms with Gasteiger partial charge >= 0.3 is 0 Å². The molecule has 0 fully saturated rings. The lowest BCUT2D eigenvalue weighted by Crippen LogP contribution is -1.97. The molecule has 0 unspecified atom stereocenters. The van der Waals surface area contributed by atoms with Gasteiger partial charge in [-0.05, 0) is 52.7 Å². The highest BCUT2D eigenvalue weighted by molar-refractivity contribution is 9.10. The van der Waals surface area contributed by atoms with E-state index in [1.54, 1.807) is 0 Å². The van der Waals surface area contributed by atoms with E-state index in [0.717, 1.165) is 28.9 Å². The van der Waals surface area contributed by atoms with Crippen LogP contribution in [-0.2, 0) is 19.3 Å². The van der Waals surface area contributed by atoms with E-state index in [9.17, 15) is 0 Å². The summed E-state index contributed by atoms with van der Waals surface area (Å²) in [5.41, 5.74) is 3.93. The Labute approximate surface area is 91.6 Å². The van der Waals surface area contributed by atoms with Crippen molar-refractivity contribution in [1.29, 1.82) is 0 Å². The number of pyridine rings is 1. The van der Waals surface area contributed by atoms with Gasteiger partial charge in [-0.25, -0.2) is 4.98 Å². The standard InChI is InChI=1S/C10H11BrClN/c1-2-6-7-4-3-5-8(7)13-10(11)9(6)12/h2-5H2,1H3. The van der Waals surface area contributed by atoms with E-state index >= 15 is 0 Å². The van der Waals surface area contributed by atoms with Crippen molar-refractivity contribution in [3.05, 3.63) is 26.4 Å². The maximum Gasteiger partial charge on any atom is 0.125 e. The molecule has 1 aliphatic rings. The van der Waals surface area contributed by atoms with Crippen molar-refractivity contribution in [3.8, 4) is 0 Å². The molecule has 0 saturated carbocycles. The van der Waals surface area contributed by atoms with E-state index in [1.807, 2.05) is 0 Å². The van der Waals surface area contributed by atoms with Gasteiger partial charge in [0.15, 0.2) is 0 Å². The smallest absolute Gasteiger partial charge is 0.125 e. The van der Waals surface area contributed by atoms with Crippen LogP contribution in [0.3, 0.4) is 0 Å². The second-order valence-corrected chi connectivity index (χ2v) is 4.46. The van der Waals surface area contributed by atoms with E-state index in [2.05, 4.69) is 27.8 Å². The van der Waals surface area contributed by atoms with Crippen LogP contribution in [0.2, 0.25) is 5.02 Å². The first-order valence-corrected chi connectivity index (χ1v) is 5.76. The van der Waals surface area contributed by atoms with Crippen LogP contribution in [0.15, 0.2) is 4.60 Å². The number of halogens is 2. The zero-order valence-corrected chi connectivity index (χ0v) is 9.87. The number of fused-ring (bicyclic) bond motifs is 1. The Morgan fingerprint density at radius 3 is 2.92 bits per heavy atom. The van der Waals surface area contributed by atoms with Gasteiger partial charge in [-0.2, -0.15) is 0 Å². The third-order valence-corrected chi connectivity index (χ3v) is 3.79. The Balaban J connectivity index is 2.64. The lowest BCUT2D eigenvalue weighted by Gasteiger charge is -2.09. The van der Waals surface area contributed by atoms with Crippen molar-refractivity contribution >= 4 is 27.5 Å². The van der Waals surface area contributed by atoms with Crippen LogP contribution < -0.4 is 0 Å². The van der Waals surface area contributed by atoms with E-state index in [1.165, 1.54) is 23.2 Å². The van der Waals surface area contributed by atoms with Crippen molar-refractivity contribution < 1.29 is 0 Å². The number of nitrogens with zero attached hydrogens (tertiary/aromatic N) is 1. The largest absolute Gasteiger partial charge is 0.244 e. The molecule has 0 amide bonds. The molecule has 2 rings (SSSR count). The molecule has 1 aromatic rings. The molecule has 3 heteroatoms. The van der Waals surface area contributed by atoms with Crippen LogP contribution in [0.1, 0.15) is 30.2 Å². The fourth-order valence-electron chi connectivity index (χ4n) is 1.97. The molecule has 1 aromatic heterocycles. The first-order valence-electron chi connectivity index (χ1n) is 4.59. The number of aromatic nitrogens is 1. The Morgan fingerprint density at radius 1 is 1.46 bits per heavy atom. The Kier molecular flexibility index (Phi) is 2.61. The van der Waals surface area contributed by atoms with Crippen LogP contribution in [0, 0.1) is 0 Å². The predicted molar refractivity (Wildman–Crippen MR) is 58.4 cm³/mol. The van der Waals surface area contributed by atoms with Crippen molar-refractivity contribution in [1.82, 2.24) is 4.98 Å². The summed E-state index contributed by atoms with van der Waals surface area (Å²) in [4.78, 5) is 4.45. The van der Waals surface area contributed by atoms with Gasteiger partial charge in [0.05, 0.1) is 5.02 Å². The Morgan fingerprint density at radius 2 is 2.23 bits per heavy atom. The second kappa shape index (κ2) is 3.58. The van der Waals surface area contributed by atoms with E-state index in [0.29, 0.717) is 0 Å². The molecule has 0 atom stereocenters. The van der Waals surface area contributed by atoms with Crippen molar-refractivity contribution in [3.63, 3.8) is 0 Å². The summed E-state index contributed by atoms with van der Waals surface area (Å²) in [6.45, 7) is 2.15. The summed E-state index contributed by atoms with van der Waals surface area (Å²) in [6, 6.07) is 0. The minimum absolute atomic E-state index is 0.808. The average molecular weight is 261 g/mol. The molecule has 1 aliphatic carbocycles. The monoisotopic (exact) mass is 259 g/mol. The van der Waals surface area contributed by atoms with E-state index < -0.39 is 0 Å². The number of hydrogen-bond donors (Lipinski definition) is 0. The summed E-state index contributed by atoms with van der Waals surface area (Å²) in [5.74, 6) is 0. The second-order valence-electron chi connectivity index (χ2n) is 3.33. The molecule has 13 heavy (non-hydrogen) atoms. The zero-order valence-electron chi connectivity index (χ0n) is 7.53. The highest BCUT2D eigenvalue weighted by Gasteiger charge is 2.19.